The van der Waals surface area contributed by atoms with Crippen molar-refractivity contribution in [3.63, 3.8) is 0 Å². The Bertz CT molecular complexity index is 723. The van der Waals surface area contributed by atoms with Crippen molar-refractivity contribution in [2.45, 2.75) is 19.8 Å². The van der Waals surface area contributed by atoms with Crippen LogP contribution in [0.4, 0.5) is 14.5 Å². The van der Waals surface area contributed by atoms with Gasteiger partial charge in [-0.25, -0.2) is 9.18 Å². The number of carbonyl (C=O) groups is 1. The standard InChI is InChI=1S/C17H20F2N2O3/c1-3-24-17(22)13-10-21-16-12(8-11(19)9-14(16)23-2)15(13)20-7-5-4-6-18/h8-10H,3-7H2,1-2H3,(H,20,21). The number of esters is 1. The van der Waals surface area contributed by atoms with Crippen LogP contribution in [0.3, 0.4) is 0 Å². The lowest BCUT2D eigenvalue weighted by Crippen LogP contribution is -2.12. The molecule has 0 aliphatic rings. The maximum atomic E-state index is 13.9. The summed E-state index contributed by atoms with van der Waals surface area (Å²) in [6, 6.07) is 2.51. The number of hydrogen-bond donors (Lipinski definition) is 1. The highest BCUT2D eigenvalue weighted by Crippen LogP contribution is 2.33. The fourth-order valence-corrected chi connectivity index (χ4v) is 2.38. The number of unbranched alkanes of at least 4 members (excludes halogenated alkanes) is 1. The monoisotopic (exact) mass is 338 g/mol. The van der Waals surface area contributed by atoms with Gasteiger partial charge in [0.2, 0.25) is 0 Å². The van der Waals surface area contributed by atoms with Gasteiger partial charge in [-0.3, -0.25) is 9.37 Å². The van der Waals surface area contributed by atoms with Crippen molar-refractivity contribution in [3.05, 3.63) is 29.7 Å². The number of hydrogen-bond acceptors (Lipinski definition) is 5. The summed E-state index contributed by atoms with van der Waals surface area (Å²) in [4.78, 5) is 16.4. The number of ether oxygens (including phenoxy) is 2. The lowest BCUT2D eigenvalue weighted by molar-refractivity contribution is 0.0527. The van der Waals surface area contributed by atoms with Gasteiger partial charge in [-0.1, -0.05) is 0 Å². The number of halogens is 2. The number of carbonyl (C=O) groups excluding carboxylic acids is 1. The van der Waals surface area contributed by atoms with Gasteiger partial charge in [0.1, 0.15) is 22.6 Å². The highest BCUT2D eigenvalue weighted by atomic mass is 19.1. The summed E-state index contributed by atoms with van der Waals surface area (Å²) in [6.45, 7) is 1.94. The smallest absolute Gasteiger partial charge is 0.341 e. The first-order chi connectivity index (χ1) is 11.6. The molecule has 1 heterocycles. The molecule has 0 spiro atoms. The summed E-state index contributed by atoms with van der Waals surface area (Å²) in [6.07, 6.45) is 2.36. The first kappa shape index (κ1) is 17.9. The molecule has 0 unspecified atom stereocenters. The molecule has 130 valence electrons. The zero-order chi connectivity index (χ0) is 17.5. The Morgan fingerprint density at radius 3 is 2.79 bits per heavy atom. The second-order valence-electron chi connectivity index (χ2n) is 5.09. The van der Waals surface area contributed by atoms with Gasteiger partial charge in [-0.2, -0.15) is 0 Å². The SMILES string of the molecule is CCOC(=O)c1cnc2c(OC)cc(F)cc2c1NCCCCF. The third kappa shape index (κ3) is 3.90. The first-order valence-electron chi connectivity index (χ1n) is 7.75. The Kier molecular flexibility index (Phi) is 6.28. The van der Waals surface area contributed by atoms with Crippen LogP contribution in [-0.2, 0) is 4.74 Å². The minimum Gasteiger partial charge on any atom is -0.494 e. The van der Waals surface area contributed by atoms with Gasteiger partial charge in [0, 0.05) is 24.2 Å². The van der Waals surface area contributed by atoms with Crippen molar-refractivity contribution in [2.24, 2.45) is 0 Å². The summed E-state index contributed by atoms with van der Waals surface area (Å²) in [5.74, 6) is -0.788. The summed E-state index contributed by atoms with van der Waals surface area (Å²) >= 11 is 0. The molecule has 5 nitrogen and oxygen atoms in total. The van der Waals surface area contributed by atoms with Crippen molar-refractivity contribution in [1.29, 1.82) is 0 Å². The Hall–Kier alpha value is -2.44. The number of fused-ring (bicyclic) bond motifs is 1. The quantitative estimate of drug-likeness (QED) is 0.587. The normalized spacial score (nSPS) is 10.7. The molecule has 2 rings (SSSR count). The molecule has 0 amide bonds. The van der Waals surface area contributed by atoms with Gasteiger partial charge in [0.25, 0.3) is 0 Å². The molecule has 0 aliphatic heterocycles. The molecule has 1 N–H and O–H groups in total. The van der Waals surface area contributed by atoms with Gasteiger partial charge < -0.3 is 14.8 Å². The lowest BCUT2D eigenvalue weighted by atomic mass is 10.1. The molecule has 0 radical (unpaired) electrons. The van der Waals surface area contributed by atoms with Crippen molar-refractivity contribution in [2.75, 3.05) is 32.3 Å². The third-order valence-electron chi connectivity index (χ3n) is 3.48. The van der Waals surface area contributed by atoms with E-state index in [-0.39, 0.29) is 17.9 Å². The van der Waals surface area contributed by atoms with Crippen LogP contribution in [0, 0.1) is 5.82 Å². The van der Waals surface area contributed by atoms with E-state index in [0.717, 1.165) is 0 Å². The van der Waals surface area contributed by atoms with Gasteiger partial charge >= 0.3 is 5.97 Å². The van der Waals surface area contributed by atoms with Crippen molar-refractivity contribution in [1.82, 2.24) is 4.98 Å². The van der Waals surface area contributed by atoms with Crippen LogP contribution < -0.4 is 10.1 Å². The zero-order valence-corrected chi connectivity index (χ0v) is 13.7. The number of alkyl halides is 1. The summed E-state index contributed by atoms with van der Waals surface area (Å²) < 4.78 is 36.3. The van der Waals surface area contributed by atoms with Crippen LogP contribution >= 0.6 is 0 Å². The van der Waals surface area contributed by atoms with Crippen molar-refractivity contribution in [3.8, 4) is 5.75 Å². The molecule has 0 saturated carbocycles. The molecule has 1 aromatic heterocycles. The molecule has 0 atom stereocenters. The maximum absolute atomic E-state index is 13.9. The fourth-order valence-electron chi connectivity index (χ4n) is 2.38. The molecule has 0 aliphatic carbocycles. The van der Waals surface area contributed by atoms with E-state index in [4.69, 9.17) is 9.47 Å². The summed E-state index contributed by atoms with van der Waals surface area (Å²) in [7, 11) is 1.42. The molecule has 0 saturated heterocycles. The van der Waals surface area contributed by atoms with Crippen LogP contribution in [0.5, 0.6) is 5.75 Å². The van der Waals surface area contributed by atoms with E-state index in [9.17, 15) is 13.6 Å². The van der Waals surface area contributed by atoms with Gasteiger partial charge in [0.05, 0.1) is 26.1 Å². The molecule has 24 heavy (non-hydrogen) atoms. The number of pyridine rings is 1. The molecule has 2 aromatic rings. The Morgan fingerprint density at radius 1 is 1.33 bits per heavy atom. The van der Waals surface area contributed by atoms with E-state index >= 15 is 0 Å². The minimum absolute atomic E-state index is 0.206. The number of nitrogens with one attached hydrogen (secondary N) is 1. The van der Waals surface area contributed by atoms with E-state index in [2.05, 4.69) is 10.3 Å². The number of anilines is 1. The topological polar surface area (TPSA) is 60.5 Å². The molecular formula is C17H20F2N2O3. The van der Waals surface area contributed by atoms with Gasteiger partial charge in [-0.15, -0.1) is 0 Å². The van der Waals surface area contributed by atoms with E-state index in [1.54, 1.807) is 6.92 Å². The largest absolute Gasteiger partial charge is 0.494 e. The predicted octanol–water partition coefficient (Wildman–Crippen LogP) is 3.72. The molecule has 0 bridgehead atoms. The molecule has 0 fully saturated rings. The number of aromatic nitrogens is 1. The predicted molar refractivity (Wildman–Crippen MR) is 87.9 cm³/mol. The van der Waals surface area contributed by atoms with Crippen LogP contribution in [0.1, 0.15) is 30.1 Å². The van der Waals surface area contributed by atoms with Gasteiger partial charge in [0.15, 0.2) is 0 Å². The highest BCUT2D eigenvalue weighted by Gasteiger charge is 2.19. The Labute approximate surface area is 139 Å². The number of methoxy groups -OCH3 is 1. The van der Waals surface area contributed by atoms with Crippen LogP contribution in [0.25, 0.3) is 10.9 Å². The summed E-state index contributed by atoms with van der Waals surface area (Å²) in [5.41, 5.74) is 1.05. The maximum Gasteiger partial charge on any atom is 0.341 e. The second-order valence-corrected chi connectivity index (χ2v) is 5.09. The minimum atomic E-state index is -0.553. The van der Waals surface area contributed by atoms with E-state index in [1.807, 2.05) is 0 Å². The average Bonchev–Trinajstić information content (AvgIpc) is 2.58. The molecular weight excluding hydrogens is 318 g/mol. The van der Waals surface area contributed by atoms with E-state index in [1.165, 1.54) is 25.4 Å². The van der Waals surface area contributed by atoms with Crippen molar-refractivity contribution >= 4 is 22.6 Å². The van der Waals surface area contributed by atoms with Crippen LogP contribution in [0.15, 0.2) is 18.3 Å². The second kappa shape index (κ2) is 8.42. The highest BCUT2D eigenvalue weighted by molar-refractivity contribution is 6.06. The Morgan fingerprint density at radius 2 is 2.12 bits per heavy atom. The number of rotatable bonds is 8. The van der Waals surface area contributed by atoms with Crippen molar-refractivity contribution < 1.29 is 23.0 Å². The van der Waals surface area contributed by atoms with Crippen LogP contribution in [0.2, 0.25) is 0 Å². The average molecular weight is 338 g/mol. The first-order valence-corrected chi connectivity index (χ1v) is 7.75. The van der Waals surface area contributed by atoms with Gasteiger partial charge in [-0.05, 0) is 25.8 Å². The molecule has 7 heteroatoms. The summed E-state index contributed by atoms with van der Waals surface area (Å²) in [5, 5.41) is 3.49. The zero-order valence-electron chi connectivity index (χ0n) is 13.7. The number of nitrogens with zero attached hydrogens (tertiary/aromatic N) is 1. The lowest BCUT2D eigenvalue weighted by Gasteiger charge is -2.15. The fraction of sp³-hybridized carbons (Fsp3) is 0.412. The number of benzene rings is 1. The molecule has 1 aromatic carbocycles. The van der Waals surface area contributed by atoms with Crippen LogP contribution in [-0.4, -0.2) is 37.9 Å². The Balaban J connectivity index is 2.53. The third-order valence-corrected chi connectivity index (χ3v) is 3.48. The van der Waals surface area contributed by atoms with E-state index in [0.29, 0.717) is 36.0 Å². The van der Waals surface area contributed by atoms with E-state index < -0.39 is 18.5 Å².